The van der Waals surface area contributed by atoms with E-state index in [0.717, 1.165) is 28.1 Å². The van der Waals surface area contributed by atoms with Crippen LogP contribution in [0.25, 0.3) is 22.6 Å². The van der Waals surface area contributed by atoms with Gasteiger partial charge >= 0.3 is 0 Å². The monoisotopic (exact) mass is 1080 g/mol. The van der Waals surface area contributed by atoms with Gasteiger partial charge in [-0.05, 0) is 118 Å². The van der Waals surface area contributed by atoms with Gasteiger partial charge in [0, 0.05) is 54.2 Å². The van der Waals surface area contributed by atoms with Gasteiger partial charge in [-0.2, -0.15) is 15.3 Å². The lowest BCUT2D eigenvalue weighted by Gasteiger charge is -2.22. The van der Waals surface area contributed by atoms with Gasteiger partial charge in [-0.15, -0.1) is 0 Å². The fraction of sp³-hybridized carbons (Fsp3) is 0.286. The van der Waals surface area contributed by atoms with Gasteiger partial charge in [0.25, 0.3) is 11.8 Å². The highest BCUT2D eigenvalue weighted by Crippen LogP contribution is 2.32. The molecule has 3 aliphatic rings. The van der Waals surface area contributed by atoms with Gasteiger partial charge in [0.05, 0.1) is 49.4 Å². The van der Waals surface area contributed by atoms with Gasteiger partial charge in [-0.25, -0.2) is 41.7 Å². The number of aromatic nitrogens is 9. The Morgan fingerprint density at radius 3 is 1.82 bits per heavy atom. The highest BCUT2D eigenvalue weighted by Gasteiger charge is 2.22. The molecule has 6 aromatic heterocycles. The average molecular weight is 1080 g/mol. The van der Waals surface area contributed by atoms with Gasteiger partial charge in [-0.3, -0.25) is 9.59 Å². The van der Waals surface area contributed by atoms with Crippen LogP contribution in [0, 0.1) is 17.5 Å². The molecule has 0 spiro atoms. The molecule has 0 radical (unpaired) electrons. The third-order valence-electron chi connectivity index (χ3n) is 13.0. The molecule has 6 bridgehead atoms. The van der Waals surface area contributed by atoms with Crippen molar-refractivity contribution in [2.24, 2.45) is 0 Å². The molecule has 4 atom stereocenters. The maximum Gasteiger partial charge on any atom is 0.256 e. The summed E-state index contributed by atoms with van der Waals surface area (Å²) in [6.45, 7) is 11.3. The first kappa shape index (κ1) is 54.5. The van der Waals surface area contributed by atoms with Crippen molar-refractivity contribution >= 4 is 46.1 Å². The number of nitrogens with zero attached hydrogens (tertiary/aromatic N) is 9. The second-order valence-electron chi connectivity index (χ2n) is 18.8. The van der Waals surface area contributed by atoms with Crippen LogP contribution < -0.4 is 40.8 Å². The summed E-state index contributed by atoms with van der Waals surface area (Å²) in [5.74, 6) is 1.40. The number of halogens is 3. The van der Waals surface area contributed by atoms with Gasteiger partial charge < -0.3 is 45.9 Å². The summed E-state index contributed by atoms with van der Waals surface area (Å²) in [6.07, 6.45) is 10.8. The number of carbonyl (C=O) groups excluding carboxylic acids is 2. The molecule has 20 nitrogen and oxygen atoms in total. The fourth-order valence-corrected chi connectivity index (χ4v) is 8.90. The number of hydrogen-bond acceptors (Lipinski definition) is 15. The molecule has 0 unspecified atom stereocenters. The predicted molar refractivity (Wildman–Crippen MR) is 290 cm³/mol. The minimum atomic E-state index is -0.927. The lowest BCUT2D eigenvalue weighted by Crippen LogP contribution is -2.35. The number of ether oxygens (including phenoxy) is 3. The molecule has 410 valence electrons. The number of rotatable bonds is 0. The van der Waals surface area contributed by atoms with Gasteiger partial charge in [0.15, 0.2) is 16.9 Å². The number of carbonyl (C=O) groups is 2. The number of aliphatic hydroxyl groups excluding tert-OH is 1. The van der Waals surface area contributed by atoms with Crippen LogP contribution in [0.5, 0.6) is 17.2 Å². The Balaban J connectivity index is 0.000000143. The Morgan fingerprint density at radius 2 is 1.16 bits per heavy atom. The Labute approximate surface area is 452 Å². The standard InChI is InChI=1S/C19H20FN5O.C18H18FN5O3.C18H17FN4O2.CH4/c1-11-9-21-12(2)16-10-22-25-7-6-18(24-19(16)25)23-13(3)15-8-14(20)4-5-17(15)26-11;1-10-13-6-11(19)2-3-15(13)27-9-12(25)7-20-18(26)14-8-21-24-5-4-16(22-10)23-17(14)24;19-13-3-5-16-12(10-13)2-4-14-6-8-23-17(22-14)15(11-21-23)18(24)20-7-1-9-25-16;/h4-8,10-11,13,21H,2,9H2,1,3H3,(H,23,24);2-6,8,10,12,25H,7,9H2,1H3,(H,20,26)(H,22,23);3,5-6,8,10-11H,1-2,4,7,9H2,(H,20,24);1H4/t11-,13+;10-,12-;;/m01../s1. The molecule has 12 rings (SSSR count). The van der Waals surface area contributed by atoms with Crippen molar-refractivity contribution < 1.29 is 42.1 Å². The summed E-state index contributed by atoms with van der Waals surface area (Å²) in [5, 5.41) is 38.0. The van der Waals surface area contributed by atoms with Crippen LogP contribution in [-0.4, -0.2) is 106 Å². The number of benzene rings is 3. The van der Waals surface area contributed by atoms with Crippen molar-refractivity contribution in [1.29, 1.82) is 0 Å². The maximum absolute atomic E-state index is 13.8. The van der Waals surface area contributed by atoms with Crippen LogP contribution in [-0.2, 0) is 12.8 Å². The van der Waals surface area contributed by atoms with Crippen molar-refractivity contribution in [2.75, 3.05) is 43.5 Å². The average Bonchev–Trinajstić information content (AvgIpc) is 4.24. The summed E-state index contributed by atoms with van der Waals surface area (Å²) >= 11 is 0. The summed E-state index contributed by atoms with van der Waals surface area (Å²) in [5.41, 5.74) is 6.88. The smallest absolute Gasteiger partial charge is 0.256 e. The van der Waals surface area contributed by atoms with Crippen LogP contribution >= 0.6 is 0 Å². The van der Waals surface area contributed by atoms with Gasteiger partial charge in [0.2, 0.25) is 0 Å². The minimum Gasteiger partial charge on any atom is -0.493 e. The van der Waals surface area contributed by atoms with Crippen molar-refractivity contribution in [2.45, 2.75) is 71.8 Å². The third-order valence-corrected chi connectivity index (χ3v) is 13.0. The molecule has 2 amide bonds. The quantitative estimate of drug-likeness (QED) is 0.0854. The molecule has 0 saturated heterocycles. The molecule has 9 aromatic rings. The van der Waals surface area contributed by atoms with E-state index in [1.54, 1.807) is 45.8 Å². The van der Waals surface area contributed by atoms with Crippen molar-refractivity contribution in [1.82, 2.24) is 59.7 Å². The van der Waals surface area contributed by atoms with E-state index in [4.69, 9.17) is 14.2 Å². The zero-order chi connectivity index (χ0) is 54.5. The summed E-state index contributed by atoms with van der Waals surface area (Å²) in [6, 6.07) is 18.2. The molecule has 0 fully saturated rings. The molecule has 3 aromatic carbocycles. The molecule has 6 N–H and O–H groups in total. The summed E-state index contributed by atoms with van der Waals surface area (Å²) in [7, 11) is 0. The first-order valence-electron chi connectivity index (χ1n) is 25.2. The Hall–Kier alpha value is -9.25. The lowest BCUT2D eigenvalue weighted by molar-refractivity contribution is 0.0842. The van der Waals surface area contributed by atoms with E-state index in [1.807, 2.05) is 39.1 Å². The molecular formula is C56H59F3N14O6. The van der Waals surface area contributed by atoms with Gasteiger partial charge in [-0.1, -0.05) is 14.0 Å². The zero-order valence-electron chi connectivity index (χ0n) is 42.7. The number of aryl methyl sites for hydroxylation is 2. The Bertz CT molecular complexity index is 3680. The van der Waals surface area contributed by atoms with Crippen molar-refractivity contribution in [3.8, 4) is 17.2 Å². The largest absolute Gasteiger partial charge is 0.493 e. The number of nitrogens with one attached hydrogen (secondary N) is 5. The number of anilines is 2. The van der Waals surface area contributed by atoms with Gasteiger partial charge in [0.1, 0.15) is 76.3 Å². The second kappa shape index (κ2) is 24.0. The summed E-state index contributed by atoms with van der Waals surface area (Å²) < 4.78 is 63.4. The Kier molecular flexibility index (Phi) is 16.5. The minimum absolute atomic E-state index is 0. The third kappa shape index (κ3) is 12.6. The topological polar surface area (TPSA) is 233 Å². The van der Waals surface area contributed by atoms with E-state index in [9.17, 15) is 27.9 Å². The first-order valence-corrected chi connectivity index (χ1v) is 25.2. The van der Waals surface area contributed by atoms with E-state index in [-0.39, 0.29) is 68.0 Å². The Morgan fingerprint density at radius 1 is 0.620 bits per heavy atom. The predicted octanol–water partition coefficient (Wildman–Crippen LogP) is 7.71. The molecule has 0 aliphatic carbocycles. The van der Waals surface area contributed by atoms with E-state index in [2.05, 4.69) is 63.4 Å². The fourth-order valence-electron chi connectivity index (χ4n) is 8.90. The molecule has 79 heavy (non-hydrogen) atoms. The van der Waals surface area contributed by atoms with Crippen LogP contribution in [0.15, 0.2) is 117 Å². The second-order valence-corrected chi connectivity index (χ2v) is 18.8. The zero-order valence-corrected chi connectivity index (χ0v) is 42.7. The molecule has 9 heterocycles. The van der Waals surface area contributed by atoms with Crippen LogP contribution in [0.2, 0.25) is 0 Å². The lowest BCUT2D eigenvalue weighted by atomic mass is 10.1. The maximum atomic E-state index is 13.8. The first-order chi connectivity index (χ1) is 37.7. The van der Waals surface area contributed by atoms with Crippen LogP contribution in [0.3, 0.4) is 0 Å². The van der Waals surface area contributed by atoms with Crippen LogP contribution in [0.4, 0.5) is 24.8 Å². The number of amides is 2. The number of aliphatic hydroxyl groups is 1. The number of β-amino-alcohol motifs (C(OH)–C–C–N with tert-alkyl or cyclic N) is 1. The van der Waals surface area contributed by atoms with E-state index < -0.39 is 6.10 Å². The molecule has 23 heteroatoms. The van der Waals surface area contributed by atoms with E-state index >= 15 is 0 Å². The number of hydrogen-bond donors (Lipinski definition) is 6. The highest BCUT2D eigenvalue weighted by atomic mass is 19.1. The van der Waals surface area contributed by atoms with Crippen LogP contribution in [0.1, 0.15) is 95.4 Å². The molecule has 0 saturated carbocycles. The SMILES string of the molecule is C.C=C1NC[C@H](C)Oc2ccc(F)cc2[C@@H](C)Nc2ccn3ncc1c3n2.C[C@H]1Nc2ccn3ncc(c3n2)C(=O)NC[C@@H](O)COc2ccc(F)cc21.O=C1NCCCOc2ccc(F)cc2CCc2ccn3ncc1c3n2. The van der Waals surface area contributed by atoms with Crippen molar-refractivity contribution in [3.05, 3.63) is 173 Å². The van der Waals surface area contributed by atoms with E-state index in [1.165, 1.54) is 59.4 Å². The highest BCUT2D eigenvalue weighted by molar-refractivity contribution is 6.00. The normalized spacial score (nSPS) is 18.4. The molecule has 3 aliphatic heterocycles. The molecular weight excluding hydrogens is 1020 g/mol. The number of fused-ring (bicyclic) bond motifs is 6. The summed E-state index contributed by atoms with van der Waals surface area (Å²) in [4.78, 5) is 38.4. The van der Waals surface area contributed by atoms with Crippen molar-refractivity contribution in [3.63, 3.8) is 0 Å². The van der Waals surface area contributed by atoms with E-state index in [0.29, 0.717) is 101 Å².